The second kappa shape index (κ2) is 5.60. The normalized spacial score (nSPS) is 11.0. The van der Waals surface area contributed by atoms with Crippen molar-refractivity contribution < 1.29 is 4.92 Å². The van der Waals surface area contributed by atoms with Gasteiger partial charge in [0.05, 0.1) is 15.8 Å². The van der Waals surface area contributed by atoms with Gasteiger partial charge in [0.25, 0.3) is 5.69 Å². The van der Waals surface area contributed by atoms with E-state index in [1.807, 2.05) is 6.92 Å². The Hall–Kier alpha value is -2.68. The number of aryl methyl sites for hydroxylation is 1. The highest BCUT2D eigenvalue weighted by molar-refractivity contribution is 7.99. The maximum atomic E-state index is 11.1. The quantitative estimate of drug-likeness (QED) is 0.446. The lowest BCUT2D eigenvalue weighted by atomic mass is 10.2. The number of non-ortho nitro benzene ring substituents is 1. The van der Waals surface area contributed by atoms with Crippen LogP contribution >= 0.6 is 11.8 Å². The molecular weight excluding hydrogens is 304 g/mol. The second-order valence-corrected chi connectivity index (χ2v) is 5.47. The fraction of sp³-hybridized carbons (Fsp3) is 0.154. The van der Waals surface area contributed by atoms with Crippen LogP contribution < -0.4 is 5.84 Å². The van der Waals surface area contributed by atoms with Gasteiger partial charge in [-0.05, 0) is 30.0 Å². The van der Waals surface area contributed by atoms with E-state index in [1.54, 1.807) is 24.4 Å². The smallest absolute Gasteiger partial charge is 0.278 e. The van der Waals surface area contributed by atoms with Crippen LogP contribution in [0.2, 0.25) is 0 Å². The first-order valence-electron chi connectivity index (χ1n) is 6.51. The van der Waals surface area contributed by atoms with Crippen LogP contribution in [0.5, 0.6) is 0 Å². The Labute approximate surface area is 129 Å². The van der Waals surface area contributed by atoms with Crippen LogP contribution in [0.15, 0.2) is 40.5 Å². The van der Waals surface area contributed by atoms with Crippen molar-refractivity contribution in [1.82, 2.24) is 19.9 Å². The molecule has 0 amide bonds. The molecule has 2 heterocycles. The van der Waals surface area contributed by atoms with Crippen LogP contribution in [0.4, 0.5) is 5.69 Å². The van der Waals surface area contributed by atoms with E-state index in [0.29, 0.717) is 28.3 Å². The summed E-state index contributed by atoms with van der Waals surface area (Å²) >= 11 is 1.28. The molecule has 0 aliphatic heterocycles. The molecule has 0 radical (unpaired) electrons. The molecule has 3 aromatic rings. The molecule has 0 aliphatic carbocycles. The average Bonchev–Trinajstić information content (AvgIpc) is 2.87. The molecule has 0 fully saturated rings. The van der Waals surface area contributed by atoms with Gasteiger partial charge in [-0.15, -0.1) is 10.2 Å². The lowest BCUT2D eigenvalue weighted by Gasteiger charge is -2.06. The van der Waals surface area contributed by atoms with Crippen molar-refractivity contribution in [2.24, 2.45) is 0 Å². The highest BCUT2D eigenvalue weighted by Crippen LogP contribution is 2.35. The summed E-state index contributed by atoms with van der Waals surface area (Å²) in [5.41, 5.74) is 0.568. The summed E-state index contributed by atoms with van der Waals surface area (Å²) in [7, 11) is 0. The molecule has 112 valence electrons. The van der Waals surface area contributed by atoms with E-state index in [9.17, 15) is 10.1 Å². The maximum Gasteiger partial charge on any atom is 0.278 e. The third kappa shape index (κ3) is 2.35. The van der Waals surface area contributed by atoms with Crippen molar-refractivity contribution in [2.75, 3.05) is 5.84 Å². The number of nitrogens with zero attached hydrogens (tertiary/aromatic N) is 5. The number of rotatable bonds is 4. The van der Waals surface area contributed by atoms with Gasteiger partial charge in [-0.2, -0.15) is 0 Å². The monoisotopic (exact) mass is 316 g/mol. The molecule has 0 spiro atoms. The minimum atomic E-state index is -0.418. The van der Waals surface area contributed by atoms with Gasteiger partial charge in [0.1, 0.15) is 0 Å². The molecule has 0 saturated heterocycles. The summed E-state index contributed by atoms with van der Waals surface area (Å²) in [4.78, 5) is 15.7. The van der Waals surface area contributed by atoms with Crippen LogP contribution in [-0.4, -0.2) is 24.8 Å². The summed E-state index contributed by atoms with van der Waals surface area (Å²) in [5.74, 6) is 6.59. The molecule has 22 heavy (non-hydrogen) atoms. The topological polar surface area (TPSA) is 113 Å². The highest BCUT2D eigenvalue weighted by Gasteiger charge is 2.17. The highest BCUT2D eigenvalue weighted by atomic mass is 32.2. The molecule has 0 unspecified atom stereocenters. The van der Waals surface area contributed by atoms with E-state index in [-0.39, 0.29) is 5.69 Å². The number of nitrogens with two attached hydrogens (primary N) is 1. The van der Waals surface area contributed by atoms with E-state index in [1.165, 1.54) is 22.5 Å². The zero-order valence-corrected chi connectivity index (χ0v) is 12.4. The molecular formula is C13H12N6O2S. The first-order chi connectivity index (χ1) is 10.6. The fourth-order valence-electron chi connectivity index (χ4n) is 2.09. The minimum Gasteiger partial charge on any atom is -0.336 e. The SMILES string of the molecule is CCc1nnc(Sc2ccc([N+](=O)[O-])c3cccnc23)n1N. The zero-order valence-electron chi connectivity index (χ0n) is 11.6. The number of fused-ring (bicyclic) bond motifs is 1. The summed E-state index contributed by atoms with van der Waals surface area (Å²) < 4.78 is 1.42. The lowest BCUT2D eigenvalue weighted by molar-refractivity contribution is -0.383. The number of nitro benzene ring substituents is 1. The van der Waals surface area contributed by atoms with Crippen LogP contribution in [0.25, 0.3) is 10.9 Å². The van der Waals surface area contributed by atoms with E-state index >= 15 is 0 Å². The molecule has 2 N–H and O–H groups in total. The molecule has 0 bridgehead atoms. The molecule has 0 atom stereocenters. The zero-order chi connectivity index (χ0) is 15.7. The molecule has 3 rings (SSSR count). The number of nitrogen functional groups attached to an aromatic ring is 1. The third-order valence-electron chi connectivity index (χ3n) is 3.16. The Morgan fingerprint density at radius 3 is 2.86 bits per heavy atom. The molecule has 2 aromatic heterocycles. The van der Waals surface area contributed by atoms with Crippen molar-refractivity contribution in [3.63, 3.8) is 0 Å². The summed E-state index contributed by atoms with van der Waals surface area (Å²) in [6.07, 6.45) is 2.27. The maximum absolute atomic E-state index is 11.1. The Bertz CT molecular complexity index is 863. The first-order valence-corrected chi connectivity index (χ1v) is 7.32. The Kier molecular flexibility index (Phi) is 3.63. The van der Waals surface area contributed by atoms with Crippen LogP contribution in [0, 0.1) is 10.1 Å². The van der Waals surface area contributed by atoms with E-state index < -0.39 is 4.92 Å². The Balaban J connectivity index is 2.10. The van der Waals surface area contributed by atoms with Crippen molar-refractivity contribution in [1.29, 1.82) is 0 Å². The molecule has 1 aromatic carbocycles. The summed E-state index contributed by atoms with van der Waals surface area (Å²) in [6.45, 7) is 1.94. The van der Waals surface area contributed by atoms with E-state index in [0.717, 1.165) is 4.90 Å². The van der Waals surface area contributed by atoms with Gasteiger partial charge in [0, 0.05) is 23.6 Å². The second-order valence-electron chi connectivity index (χ2n) is 4.46. The summed E-state index contributed by atoms with van der Waals surface area (Å²) in [5, 5.41) is 20.1. The molecule has 0 saturated carbocycles. The predicted octanol–water partition coefficient (Wildman–Crippen LogP) is 2.16. The fourth-order valence-corrected chi connectivity index (χ4v) is 2.97. The van der Waals surface area contributed by atoms with E-state index in [2.05, 4.69) is 15.2 Å². The predicted molar refractivity (Wildman–Crippen MR) is 82.1 cm³/mol. The van der Waals surface area contributed by atoms with Crippen molar-refractivity contribution in [3.8, 4) is 0 Å². The van der Waals surface area contributed by atoms with Crippen molar-refractivity contribution >= 4 is 28.4 Å². The van der Waals surface area contributed by atoms with Crippen LogP contribution in [-0.2, 0) is 6.42 Å². The summed E-state index contributed by atoms with van der Waals surface area (Å²) in [6, 6.07) is 6.46. The standard InChI is InChI=1S/C13H12N6O2S/c1-2-11-16-17-13(18(11)14)22-10-6-5-9(19(20)21)8-4-3-7-15-12(8)10/h3-7H,2,14H2,1H3. The van der Waals surface area contributed by atoms with Gasteiger partial charge in [0.15, 0.2) is 5.82 Å². The number of aromatic nitrogens is 4. The Morgan fingerprint density at radius 1 is 1.36 bits per heavy atom. The van der Waals surface area contributed by atoms with Crippen LogP contribution in [0.1, 0.15) is 12.7 Å². The Morgan fingerprint density at radius 2 is 2.18 bits per heavy atom. The number of hydrogen-bond acceptors (Lipinski definition) is 7. The largest absolute Gasteiger partial charge is 0.336 e. The van der Waals surface area contributed by atoms with Gasteiger partial charge in [-0.25, -0.2) is 4.68 Å². The van der Waals surface area contributed by atoms with Gasteiger partial charge >= 0.3 is 0 Å². The number of nitro groups is 1. The van der Waals surface area contributed by atoms with Gasteiger partial charge in [-0.3, -0.25) is 15.1 Å². The van der Waals surface area contributed by atoms with Crippen LogP contribution in [0.3, 0.4) is 0 Å². The van der Waals surface area contributed by atoms with E-state index in [4.69, 9.17) is 5.84 Å². The van der Waals surface area contributed by atoms with Gasteiger partial charge in [0.2, 0.25) is 5.16 Å². The number of pyridine rings is 1. The molecule has 9 heteroatoms. The number of benzene rings is 1. The first kappa shape index (κ1) is 14.3. The van der Waals surface area contributed by atoms with Crippen molar-refractivity contribution in [2.45, 2.75) is 23.4 Å². The molecule has 8 nitrogen and oxygen atoms in total. The number of hydrogen-bond donors (Lipinski definition) is 1. The molecule has 0 aliphatic rings. The minimum absolute atomic E-state index is 0.0240. The lowest BCUT2D eigenvalue weighted by Crippen LogP contribution is -2.13. The van der Waals surface area contributed by atoms with Gasteiger partial charge in [-0.1, -0.05) is 6.92 Å². The van der Waals surface area contributed by atoms with Gasteiger partial charge < -0.3 is 5.84 Å². The third-order valence-corrected chi connectivity index (χ3v) is 4.17. The van der Waals surface area contributed by atoms with Crippen molar-refractivity contribution in [3.05, 3.63) is 46.4 Å². The average molecular weight is 316 g/mol.